The average molecular weight is 370 g/mol. The molecule has 0 amide bonds. The summed E-state index contributed by atoms with van der Waals surface area (Å²) in [6, 6.07) is 4.93. The van der Waals surface area contributed by atoms with E-state index < -0.39 is 21.1 Å². The lowest BCUT2D eigenvalue weighted by Gasteiger charge is -2.22. The fraction of sp³-hybridized carbons (Fsp3) is 0.471. The van der Waals surface area contributed by atoms with E-state index in [9.17, 15) is 13.2 Å². The van der Waals surface area contributed by atoms with Crippen LogP contribution in [0, 0.1) is 0 Å². The second-order valence-electron chi connectivity index (χ2n) is 6.04. The highest BCUT2D eigenvalue weighted by atomic mass is 35.5. The van der Waals surface area contributed by atoms with Crippen LogP contribution in [0.5, 0.6) is 0 Å². The molecule has 0 unspecified atom stereocenters. The number of rotatable bonds is 4. The van der Waals surface area contributed by atoms with Gasteiger partial charge >= 0.3 is 5.97 Å². The van der Waals surface area contributed by atoms with E-state index >= 15 is 0 Å². The number of benzene rings is 1. The van der Waals surface area contributed by atoms with Crippen LogP contribution in [0.15, 0.2) is 23.1 Å². The maximum atomic E-state index is 13.2. The molecule has 1 saturated carbocycles. The Morgan fingerprint density at radius 3 is 2.67 bits per heavy atom. The Hall–Kier alpha value is -1.53. The van der Waals surface area contributed by atoms with E-state index in [0.29, 0.717) is 28.8 Å². The van der Waals surface area contributed by atoms with Crippen LogP contribution in [0.2, 0.25) is 5.02 Å². The molecule has 130 valence electrons. The number of esters is 1. The molecule has 1 heterocycles. The van der Waals surface area contributed by atoms with E-state index in [1.807, 2.05) is 0 Å². The molecule has 1 aromatic heterocycles. The molecule has 0 atom stereocenters. The molecule has 1 aromatic carbocycles. The molecule has 1 aliphatic carbocycles. The van der Waals surface area contributed by atoms with Gasteiger partial charge in [-0.05, 0) is 38.0 Å². The first-order valence-corrected chi connectivity index (χ1v) is 10.1. The van der Waals surface area contributed by atoms with Crippen LogP contribution in [0.1, 0.15) is 49.5 Å². The topological polar surface area (TPSA) is 76.2 Å². The SMILES string of the molecule is CCOC(=O)c1[nH]c2ccc(Cl)cc2c1S(=O)(=O)C1CCCCC1. The molecule has 3 rings (SSSR count). The number of carbonyl (C=O) groups excluding carboxylic acids is 1. The summed E-state index contributed by atoms with van der Waals surface area (Å²) >= 11 is 6.05. The van der Waals surface area contributed by atoms with Crippen molar-refractivity contribution in [1.29, 1.82) is 0 Å². The first kappa shape index (κ1) is 17.3. The number of hydrogen-bond donors (Lipinski definition) is 1. The number of aromatic amines is 1. The molecule has 5 nitrogen and oxygen atoms in total. The lowest BCUT2D eigenvalue weighted by Crippen LogP contribution is -2.25. The summed E-state index contributed by atoms with van der Waals surface area (Å²) in [5, 5.41) is 0.422. The second kappa shape index (κ2) is 6.76. The Labute approximate surface area is 146 Å². The third-order valence-electron chi connectivity index (χ3n) is 4.47. The minimum atomic E-state index is -3.65. The van der Waals surface area contributed by atoms with Gasteiger partial charge in [0.15, 0.2) is 9.84 Å². The summed E-state index contributed by atoms with van der Waals surface area (Å²) in [4.78, 5) is 15.2. The van der Waals surface area contributed by atoms with Gasteiger partial charge in [-0.25, -0.2) is 13.2 Å². The standard InChI is InChI=1S/C17H20ClNO4S/c1-2-23-17(20)15-16(13-10-11(18)8-9-14(13)19-15)24(21,22)12-6-4-3-5-7-12/h8-10,12,19H,2-7H2,1H3. The van der Waals surface area contributed by atoms with Crippen molar-refractivity contribution in [1.82, 2.24) is 4.98 Å². The van der Waals surface area contributed by atoms with E-state index in [1.165, 1.54) is 0 Å². The molecular formula is C17H20ClNO4S. The Balaban J connectivity index is 2.21. The largest absolute Gasteiger partial charge is 0.461 e. The molecule has 7 heteroatoms. The number of hydrogen-bond acceptors (Lipinski definition) is 4. The maximum absolute atomic E-state index is 13.2. The minimum absolute atomic E-state index is 0.000287. The van der Waals surface area contributed by atoms with Gasteiger partial charge in [-0.1, -0.05) is 30.9 Å². The predicted octanol–water partition coefficient (Wildman–Crippen LogP) is 4.10. The van der Waals surface area contributed by atoms with Crippen LogP contribution in [-0.4, -0.2) is 31.2 Å². The molecule has 0 bridgehead atoms. The van der Waals surface area contributed by atoms with Crippen molar-refractivity contribution in [2.75, 3.05) is 6.61 Å². The van der Waals surface area contributed by atoms with Gasteiger partial charge in [-0.3, -0.25) is 0 Å². The zero-order valence-electron chi connectivity index (χ0n) is 13.5. The van der Waals surface area contributed by atoms with Crippen LogP contribution in [-0.2, 0) is 14.6 Å². The predicted molar refractivity (Wildman–Crippen MR) is 93.3 cm³/mol. The summed E-state index contributed by atoms with van der Waals surface area (Å²) in [5.41, 5.74) is 0.566. The molecule has 1 N–H and O–H groups in total. The number of ether oxygens (including phenoxy) is 1. The summed E-state index contributed by atoms with van der Waals surface area (Å²) in [6.45, 7) is 1.87. The van der Waals surface area contributed by atoms with Gasteiger partial charge in [0.1, 0.15) is 10.6 Å². The lowest BCUT2D eigenvalue weighted by molar-refractivity contribution is 0.0516. The Bertz CT molecular complexity index is 866. The first-order chi connectivity index (χ1) is 11.4. The monoisotopic (exact) mass is 369 g/mol. The second-order valence-corrected chi connectivity index (χ2v) is 8.65. The highest BCUT2D eigenvalue weighted by molar-refractivity contribution is 7.92. The summed E-state index contributed by atoms with van der Waals surface area (Å²) in [7, 11) is -3.65. The highest BCUT2D eigenvalue weighted by Gasteiger charge is 2.35. The number of aromatic nitrogens is 1. The molecule has 24 heavy (non-hydrogen) atoms. The Morgan fingerprint density at radius 1 is 1.29 bits per heavy atom. The average Bonchev–Trinajstić information content (AvgIpc) is 2.95. The van der Waals surface area contributed by atoms with Crippen molar-refractivity contribution in [3.63, 3.8) is 0 Å². The van der Waals surface area contributed by atoms with Crippen LogP contribution < -0.4 is 0 Å². The van der Waals surface area contributed by atoms with E-state index in [4.69, 9.17) is 16.3 Å². The molecule has 1 fully saturated rings. The third kappa shape index (κ3) is 3.05. The molecule has 1 aliphatic rings. The van der Waals surface area contributed by atoms with Crippen molar-refractivity contribution in [3.8, 4) is 0 Å². The van der Waals surface area contributed by atoms with Gasteiger partial charge in [0, 0.05) is 15.9 Å². The van der Waals surface area contributed by atoms with Crippen LogP contribution in [0.4, 0.5) is 0 Å². The summed E-state index contributed by atoms with van der Waals surface area (Å²) < 4.78 is 31.5. The number of fused-ring (bicyclic) bond motifs is 1. The molecule has 2 aromatic rings. The van der Waals surface area contributed by atoms with Gasteiger partial charge in [0.05, 0.1) is 11.9 Å². The maximum Gasteiger partial charge on any atom is 0.356 e. The van der Waals surface area contributed by atoms with E-state index in [-0.39, 0.29) is 17.2 Å². The number of nitrogens with one attached hydrogen (secondary N) is 1. The van der Waals surface area contributed by atoms with Crippen molar-refractivity contribution in [2.24, 2.45) is 0 Å². The fourth-order valence-electron chi connectivity index (χ4n) is 3.32. The number of halogens is 1. The fourth-order valence-corrected chi connectivity index (χ4v) is 5.68. The smallest absolute Gasteiger partial charge is 0.356 e. The summed E-state index contributed by atoms with van der Waals surface area (Å²) in [5.74, 6) is -0.654. The van der Waals surface area contributed by atoms with Crippen LogP contribution in [0.25, 0.3) is 10.9 Å². The normalized spacial score (nSPS) is 16.4. The van der Waals surface area contributed by atoms with E-state index in [2.05, 4.69) is 4.98 Å². The van der Waals surface area contributed by atoms with Crippen LogP contribution >= 0.6 is 11.6 Å². The third-order valence-corrected chi connectivity index (χ3v) is 7.05. The molecular weight excluding hydrogens is 350 g/mol. The van der Waals surface area contributed by atoms with Crippen molar-refractivity contribution >= 4 is 38.3 Å². The Kier molecular flexibility index (Phi) is 4.88. The summed E-state index contributed by atoms with van der Waals surface area (Å²) in [6.07, 6.45) is 4.08. The van der Waals surface area contributed by atoms with E-state index in [1.54, 1.807) is 25.1 Å². The lowest BCUT2D eigenvalue weighted by atomic mass is 10.0. The highest BCUT2D eigenvalue weighted by Crippen LogP contribution is 2.36. The van der Waals surface area contributed by atoms with Gasteiger partial charge in [-0.15, -0.1) is 0 Å². The number of carbonyl (C=O) groups is 1. The zero-order valence-corrected chi connectivity index (χ0v) is 15.0. The zero-order chi connectivity index (χ0) is 17.3. The van der Waals surface area contributed by atoms with Crippen molar-refractivity contribution in [2.45, 2.75) is 49.2 Å². The Morgan fingerprint density at radius 2 is 2.00 bits per heavy atom. The molecule has 0 radical (unpaired) electrons. The van der Waals surface area contributed by atoms with Gasteiger partial charge in [0.2, 0.25) is 0 Å². The van der Waals surface area contributed by atoms with Crippen molar-refractivity contribution in [3.05, 3.63) is 28.9 Å². The van der Waals surface area contributed by atoms with Gasteiger partial charge in [-0.2, -0.15) is 0 Å². The minimum Gasteiger partial charge on any atom is -0.461 e. The molecule has 0 spiro atoms. The van der Waals surface area contributed by atoms with Crippen LogP contribution in [0.3, 0.4) is 0 Å². The molecule has 0 aliphatic heterocycles. The van der Waals surface area contributed by atoms with E-state index in [0.717, 1.165) is 19.3 Å². The van der Waals surface area contributed by atoms with Gasteiger partial charge in [0.25, 0.3) is 0 Å². The first-order valence-electron chi connectivity index (χ1n) is 8.17. The van der Waals surface area contributed by atoms with Crippen molar-refractivity contribution < 1.29 is 17.9 Å². The van der Waals surface area contributed by atoms with Gasteiger partial charge < -0.3 is 9.72 Å². The number of sulfone groups is 1. The number of H-pyrrole nitrogens is 1. The quantitative estimate of drug-likeness (QED) is 0.823. The molecule has 0 saturated heterocycles.